The highest BCUT2D eigenvalue weighted by molar-refractivity contribution is 5.67. The molecule has 0 aliphatic heterocycles. The van der Waals surface area contributed by atoms with E-state index < -0.39 is 0 Å². The Labute approximate surface area is 141 Å². The van der Waals surface area contributed by atoms with Crippen molar-refractivity contribution in [3.05, 3.63) is 71.3 Å². The van der Waals surface area contributed by atoms with Gasteiger partial charge in [0.2, 0.25) is 0 Å². The number of nitrogen functional groups attached to an aromatic ring is 1. The van der Waals surface area contributed by atoms with Crippen LogP contribution in [0.3, 0.4) is 0 Å². The number of aromatic hydroxyl groups is 1. The Bertz CT molecular complexity index is 831. The molecule has 0 atom stereocenters. The van der Waals surface area contributed by atoms with Crippen molar-refractivity contribution < 1.29 is 5.11 Å². The van der Waals surface area contributed by atoms with Crippen LogP contribution in [0, 0.1) is 0 Å². The molecule has 0 bridgehead atoms. The highest BCUT2D eigenvalue weighted by Gasteiger charge is 2.09. The van der Waals surface area contributed by atoms with Crippen LogP contribution >= 0.6 is 0 Å². The van der Waals surface area contributed by atoms with Crippen LogP contribution in [-0.2, 0) is 19.4 Å². The Morgan fingerprint density at radius 2 is 1.58 bits per heavy atom. The molecule has 1 heterocycles. The fourth-order valence-corrected chi connectivity index (χ4v) is 2.58. The molecule has 2 aromatic carbocycles. The van der Waals surface area contributed by atoms with E-state index in [1.807, 2.05) is 30.3 Å². The monoisotopic (exact) mass is 320 g/mol. The maximum absolute atomic E-state index is 9.97. The first-order valence-corrected chi connectivity index (χ1v) is 7.85. The summed E-state index contributed by atoms with van der Waals surface area (Å²) >= 11 is 0. The molecule has 0 amide bonds. The second kappa shape index (κ2) is 7.10. The average Bonchev–Trinajstić information content (AvgIpc) is 2.62. The minimum atomic E-state index is 0.180. The van der Waals surface area contributed by atoms with Gasteiger partial charge in [-0.25, -0.2) is 0 Å². The summed E-state index contributed by atoms with van der Waals surface area (Å²) in [4.78, 5) is 0. The lowest BCUT2D eigenvalue weighted by Crippen LogP contribution is -2.03. The van der Waals surface area contributed by atoms with E-state index in [0.717, 1.165) is 24.0 Å². The van der Waals surface area contributed by atoms with Crippen LogP contribution in [0.15, 0.2) is 54.6 Å². The van der Waals surface area contributed by atoms with E-state index in [2.05, 4.69) is 22.3 Å². The van der Waals surface area contributed by atoms with Crippen LogP contribution in [0.4, 0.5) is 5.82 Å². The number of nitrogens with two attached hydrogens (primary N) is 2. The number of benzene rings is 2. The molecular formula is C19H20N4O. The molecule has 5 nitrogen and oxygen atoms in total. The fraction of sp³-hybridized carbons (Fsp3) is 0.158. The highest BCUT2D eigenvalue weighted by atomic mass is 16.3. The lowest BCUT2D eigenvalue weighted by molar-refractivity contribution is 0.477. The summed E-state index contributed by atoms with van der Waals surface area (Å²) in [6, 6.07) is 17.2. The quantitative estimate of drug-likeness (QED) is 0.671. The molecule has 3 aromatic rings. The van der Waals surface area contributed by atoms with Crippen molar-refractivity contribution >= 4 is 5.82 Å². The summed E-state index contributed by atoms with van der Waals surface area (Å²) in [5.74, 6) is 0.604. The van der Waals surface area contributed by atoms with Gasteiger partial charge < -0.3 is 16.6 Å². The molecule has 5 heteroatoms. The van der Waals surface area contributed by atoms with E-state index >= 15 is 0 Å². The number of aromatic nitrogens is 2. The number of aryl methyl sites for hydroxylation is 2. The molecular weight excluding hydrogens is 300 g/mol. The van der Waals surface area contributed by atoms with Crippen LogP contribution in [0.2, 0.25) is 0 Å². The lowest BCUT2D eigenvalue weighted by Gasteiger charge is -2.08. The number of hydrogen-bond acceptors (Lipinski definition) is 5. The Hall–Kier alpha value is -2.92. The molecule has 3 rings (SSSR count). The third-order valence-electron chi connectivity index (χ3n) is 4.03. The first kappa shape index (κ1) is 16.0. The van der Waals surface area contributed by atoms with Gasteiger partial charge in [-0.2, -0.15) is 0 Å². The van der Waals surface area contributed by atoms with Crippen molar-refractivity contribution in [3.63, 3.8) is 0 Å². The van der Waals surface area contributed by atoms with E-state index in [0.29, 0.717) is 23.6 Å². The van der Waals surface area contributed by atoms with Gasteiger partial charge in [-0.3, -0.25) is 0 Å². The average molecular weight is 320 g/mol. The smallest absolute Gasteiger partial charge is 0.149 e. The van der Waals surface area contributed by atoms with Crippen molar-refractivity contribution in [1.82, 2.24) is 10.2 Å². The third kappa shape index (κ3) is 3.52. The molecule has 1 aromatic heterocycles. The maximum Gasteiger partial charge on any atom is 0.149 e. The molecule has 0 aliphatic rings. The Kier molecular flexibility index (Phi) is 4.72. The highest BCUT2D eigenvalue weighted by Crippen LogP contribution is 2.28. The van der Waals surface area contributed by atoms with Gasteiger partial charge in [-0.15, -0.1) is 10.2 Å². The second-order valence-electron chi connectivity index (χ2n) is 5.68. The van der Waals surface area contributed by atoms with Crippen molar-refractivity contribution in [2.24, 2.45) is 5.73 Å². The fourth-order valence-electron chi connectivity index (χ4n) is 2.58. The predicted octanol–water partition coefficient (Wildman–Crippen LogP) is 2.68. The molecule has 0 saturated heterocycles. The largest absolute Gasteiger partial charge is 0.507 e. The van der Waals surface area contributed by atoms with Gasteiger partial charge >= 0.3 is 0 Å². The summed E-state index contributed by atoms with van der Waals surface area (Å²) in [7, 11) is 0. The normalized spacial score (nSPS) is 10.7. The summed E-state index contributed by atoms with van der Waals surface area (Å²) < 4.78 is 0. The van der Waals surface area contributed by atoms with E-state index in [4.69, 9.17) is 11.5 Å². The molecule has 122 valence electrons. The molecule has 0 radical (unpaired) electrons. The molecule has 5 N–H and O–H groups in total. The van der Waals surface area contributed by atoms with E-state index in [1.165, 1.54) is 5.56 Å². The van der Waals surface area contributed by atoms with Gasteiger partial charge in [0.05, 0.1) is 5.69 Å². The predicted molar refractivity (Wildman–Crippen MR) is 95.3 cm³/mol. The number of phenolic OH excluding ortho intramolecular Hbond substituents is 1. The SMILES string of the molecule is NCc1ccc(CCc2cc(-c3ccccc3O)nnc2N)cc1. The van der Waals surface area contributed by atoms with E-state index in [-0.39, 0.29) is 5.75 Å². The van der Waals surface area contributed by atoms with Crippen LogP contribution < -0.4 is 11.5 Å². The van der Waals surface area contributed by atoms with Crippen LogP contribution in [0.25, 0.3) is 11.3 Å². The standard InChI is InChI=1S/C19H20N4O/c20-12-14-7-5-13(6-8-14)9-10-15-11-17(22-23-19(15)21)16-3-1-2-4-18(16)24/h1-8,11,24H,9-10,12,20H2,(H2,21,23). The molecule has 0 fully saturated rings. The van der Waals surface area contributed by atoms with E-state index in [9.17, 15) is 5.11 Å². The van der Waals surface area contributed by atoms with Crippen LogP contribution in [0.5, 0.6) is 5.75 Å². The van der Waals surface area contributed by atoms with Crippen LogP contribution in [0.1, 0.15) is 16.7 Å². The number of anilines is 1. The van der Waals surface area contributed by atoms with Gasteiger partial charge in [-0.1, -0.05) is 36.4 Å². The summed E-state index contributed by atoms with van der Waals surface area (Å²) in [6.45, 7) is 0.547. The zero-order valence-corrected chi connectivity index (χ0v) is 13.3. The summed E-state index contributed by atoms with van der Waals surface area (Å²) in [5.41, 5.74) is 16.1. The number of hydrogen-bond donors (Lipinski definition) is 3. The second-order valence-corrected chi connectivity index (χ2v) is 5.68. The maximum atomic E-state index is 9.97. The Morgan fingerprint density at radius 1 is 0.875 bits per heavy atom. The zero-order valence-electron chi connectivity index (χ0n) is 13.3. The Balaban J connectivity index is 1.80. The zero-order chi connectivity index (χ0) is 16.9. The topological polar surface area (TPSA) is 98.0 Å². The van der Waals surface area contributed by atoms with Gasteiger partial charge in [0, 0.05) is 12.1 Å². The lowest BCUT2D eigenvalue weighted by atomic mass is 10.0. The van der Waals surface area contributed by atoms with Crippen LogP contribution in [-0.4, -0.2) is 15.3 Å². The van der Waals surface area contributed by atoms with Gasteiger partial charge in [0.15, 0.2) is 0 Å². The Morgan fingerprint density at radius 3 is 2.29 bits per heavy atom. The van der Waals surface area contributed by atoms with Crippen molar-refractivity contribution in [3.8, 4) is 17.0 Å². The van der Waals surface area contributed by atoms with E-state index in [1.54, 1.807) is 12.1 Å². The molecule has 0 unspecified atom stereocenters. The number of nitrogens with zero attached hydrogens (tertiary/aromatic N) is 2. The molecule has 24 heavy (non-hydrogen) atoms. The third-order valence-corrected chi connectivity index (χ3v) is 4.03. The van der Waals surface area contributed by atoms with Crippen molar-refractivity contribution in [1.29, 1.82) is 0 Å². The minimum Gasteiger partial charge on any atom is -0.507 e. The molecule has 0 spiro atoms. The van der Waals surface area contributed by atoms with Crippen molar-refractivity contribution in [2.75, 3.05) is 5.73 Å². The first-order chi connectivity index (χ1) is 11.7. The molecule has 0 aliphatic carbocycles. The van der Waals surface area contributed by atoms with Gasteiger partial charge in [0.1, 0.15) is 11.6 Å². The van der Waals surface area contributed by atoms with Gasteiger partial charge in [0.25, 0.3) is 0 Å². The van der Waals surface area contributed by atoms with Gasteiger partial charge in [-0.05, 0) is 47.7 Å². The summed E-state index contributed by atoms with van der Waals surface area (Å²) in [6.07, 6.45) is 1.60. The number of rotatable bonds is 5. The minimum absolute atomic E-state index is 0.180. The number of phenols is 1. The van der Waals surface area contributed by atoms with Crippen molar-refractivity contribution in [2.45, 2.75) is 19.4 Å². The summed E-state index contributed by atoms with van der Waals surface area (Å²) in [5, 5.41) is 18.1. The first-order valence-electron chi connectivity index (χ1n) is 7.85. The number of para-hydroxylation sites is 1. The molecule has 0 saturated carbocycles.